The van der Waals surface area contributed by atoms with Crippen molar-refractivity contribution < 1.29 is 4.74 Å². The monoisotopic (exact) mass is 486 g/mol. The van der Waals surface area contributed by atoms with E-state index < -0.39 is 0 Å². The Bertz CT molecular complexity index is 707. The fourth-order valence-corrected chi connectivity index (χ4v) is 4.48. The summed E-state index contributed by atoms with van der Waals surface area (Å²) in [6.07, 6.45) is 2.39. The van der Waals surface area contributed by atoms with Crippen LogP contribution in [-0.4, -0.2) is 38.1 Å². The number of methoxy groups -OCH3 is 1. The number of guanidine groups is 1. The molecule has 0 aliphatic carbocycles. The van der Waals surface area contributed by atoms with Crippen LogP contribution < -0.4 is 15.8 Å². The molecule has 26 heavy (non-hydrogen) atoms. The molecule has 0 radical (unpaired) electrons. The van der Waals surface area contributed by atoms with E-state index in [1.165, 1.54) is 17.7 Å². The molecule has 5 nitrogen and oxygen atoms in total. The summed E-state index contributed by atoms with van der Waals surface area (Å²) < 4.78 is 5.34. The lowest BCUT2D eigenvalue weighted by Gasteiger charge is -2.38. The second kappa shape index (κ2) is 10.1. The highest BCUT2D eigenvalue weighted by molar-refractivity contribution is 14.0. The molecule has 2 unspecified atom stereocenters. The van der Waals surface area contributed by atoms with E-state index in [-0.39, 0.29) is 24.0 Å². The predicted octanol–water partition coefficient (Wildman–Crippen LogP) is 4.18. The molecule has 0 bridgehead atoms. The Morgan fingerprint density at radius 2 is 2.15 bits per heavy atom. The van der Waals surface area contributed by atoms with E-state index in [2.05, 4.69) is 39.8 Å². The number of thiophene rings is 1. The number of anilines is 1. The number of nitrogens with zero attached hydrogens (tertiary/aromatic N) is 2. The summed E-state index contributed by atoms with van der Waals surface area (Å²) in [5.74, 6) is 1.67. The number of hydrogen-bond donors (Lipinski definition) is 2. The maximum Gasteiger partial charge on any atom is 0.193 e. The van der Waals surface area contributed by atoms with Gasteiger partial charge in [0.15, 0.2) is 5.96 Å². The van der Waals surface area contributed by atoms with Gasteiger partial charge in [0.1, 0.15) is 5.75 Å². The highest BCUT2D eigenvalue weighted by Gasteiger charge is 2.30. The molecule has 1 fully saturated rings. The van der Waals surface area contributed by atoms with Crippen molar-refractivity contribution in [3.63, 3.8) is 0 Å². The molecule has 1 aliphatic heterocycles. The third kappa shape index (κ3) is 5.11. The maximum absolute atomic E-state index is 6.12. The van der Waals surface area contributed by atoms with Gasteiger partial charge in [-0.25, -0.2) is 0 Å². The quantitative estimate of drug-likeness (QED) is 0.378. The molecule has 3 N–H and O–H groups in total. The molecule has 1 aliphatic rings. The van der Waals surface area contributed by atoms with Crippen LogP contribution in [0.4, 0.5) is 5.69 Å². The van der Waals surface area contributed by atoms with Crippen molar-refractivity contribution in [2.24, 2.45) is 16.6 Å². The minimum atomic E-state index is 0. The lowest BCUT2D eigenvalue weighted by atomic mass is 9.88. The Labute approximate surface area is 176 Å². The molecule has 1 aromatic carbocycles. The first kappa shape index (κ1) is 21.0. The van der Waals surface area contributed by atoms with E-state index in [1.807, 2.05) is 35.6 Å². The SMILES string of the molecule is COc1ccccc1NC(N)=NCC1CCCN(C)C1c1cccs1.I. The Morgan fingerprint density at radius 3 is 2.88 bits per heavy atom. The molecule has 1 saturated heterocycles. The van der Waals surface area contributed by atoms with Gasteiger partial charge in [-0.3, -0.25) is 9.89 Å². The summed E-state index contributed by atoms with van der Waals surface area (Å²) in [5, 5.41) is 5.30. The topological polar surface area (TPSA) is 62.9 Å². The molecule has 2 aromatic rings. The zero-order valence-electron chi connectivity index (χ0n) is 15.2. The number of aliphatic imine (C=N–C) groups is 1. The second-order valence-electron chi connectivity index (χ2n) is 6.39. The predicted molar refractivity (Wildman–Crippen MR) is 121 cm³/mol. The van der Waals surface area contributed by atoms with Crippen LogP contribution in [0.1, 0.15) is 23.8 Å². The van der Waals surface area contributed by atoms with Gasteiger partial charge in [-0.05, 0) is 55.9 Å². The van der Waals surface area contributed by atoms with Crippen LogP contribution in [0.3, 0.4) is 0 Å². The van der Waals surface area contributed by atoms with E-state index in [4.69, 9.17) is 10.5 Å². The second-order valence-corrected chi connectivity index (χ2v) is 7.37. The number of likely N-dealkylation sites (tertiary alicyclic amines) is 1. The fraction of sp³-hybridized carbons (Fsp3) is 0.421. The van der Waals surface area contributed by atoms with Crippen LogP contribution in [0.25, 0.3) is 0 Å². The van der Waals surface area contributed by atoms with Gasteiger partial charge in [0.25, 0.3) is 0 Å². The van der Waals surface area contributed by atoms with Crippen molar-refractivity contribution in [2.75, 3.05) is 32.6 Å². The summed E-state index contributed by atoms with van der Waals surface area (Å²) >= 11 is 1.83. The van der Waals surface area contributed by atoms with Gasteiger partial charge in [-0.15, -0.1) is 35.3 Å². The van der Waals surface area contributed by atoms with Gasteiger partial charge >= 0.3 is 0 Å². The number of nitrogens with one attached hydrogen (secondary N) is 1. The van der Waals surface area contributed by atoms with Gasteiger partial charge in [-0.2, -0.15) is 0 Å². The molecule has 2 heterocycles. The molecule has 0 amide bonds. The van der Waals surface area contributed by atoms with E-state index in [0.717, 1.165) is 24.5 Å². The minimum absolute atomic E-state index is 0. The van der Waals surface area contributed by atoms with Crippen molar-refractivity contribution in [2.45, 2.75) is 18.9 Å². The standard InChI is InChI=1S/C19H26N4OS.HI/c1-23-11-5-7-14(18(23)17-10-6-12-25-17)13-21-19(20)22-15-8-3-4-9-16(15)24-2;/h3-4,6,8-10,12,14,18H,5,7,11,13H2,1-2H3,(H3,20,21,22);1H. The average Bonchev–Trinajstić information content (AvgIpc) is 3.14. The molecule has 142 valence electrons. The van der Waals surface area contributed by atoms with Crippen LogP contribution >= 0.6 is 35.3 Å². The first-order chi connectivity index (χ1) is 12.2. The van der Waals surface area contributed by atoms with Crippen molar-refractivity contribution >= 4 is 47.0 Å². The fourth-order valence-electron chi connectivity index (χ4n) is 3.50. The molecule has 7 heteroatoms. The number of nitrogens with two attached hydrogens (primary N) is 1. The Morgan fingerprint density at radius 1 is 1.35 bits per heavy atom. The van der Waals surface area contributed by atoms with E-state index in [1.54, 1.807) is 7.11 Å². The normalized spacial score (nSPS) is 21.1. The maximum atomic E-state index is 6.12. The number of hydrogen-bond acceptors (Lipinski definition) is 4. The van der Waals surface area contributed by atoms with Crippen LogP contribution in [0.15, 0.2) is 46.8 Å². The Hall–Kier alpha value is -1.32. The summed E-state index contributed by atoms with van der Waals surface area (Å²) in [4.78, 5) is 8.48. The first-order valence-electron chi connectivity index (χ1n) is 8.62. The molecule has 0 spiro atoms. The number of ether oxygens (including phenoxy) is 1. The number of rotatable bonds is 5. The highest BCUT2D eigenvalue weighted by atomic mass is 127. The Kier molecular flexibility index (Phi) is 8.17. The van der Waals surface area contributed by atoms with E-state index in [0.29, 0.717) is 17.9 Å². The van der Waals surface area contributed by atoms with Gasteiger partial charge in [0.2, 0.25) is 0 Å². The van der Waals surface area contributed by atoms with Crippen molar-refractivity contribution in [1.29, 1.82) is 0 Å². The largest absolute Gasteiger partial charge is 0.495 e. The first-order valence-corrected chi connectivity index (χ1v) is 9.50. The third-order valence-corrected chi connectivity index (χ3v) is 5.65. The number of halogens is 1. The Balaban J connectivity index is 0.00000243. The lowest BCUT2D eigenvalue weighted by Crippen LogP contribution is -2.37. The number of benzene rings is 1. The molecule has 3 rings (SSSR count). The molecule has 0 saturated carbocycles. The summed E-state index contributed by atoms with van der Waals surface area (Å²) in [6.45, 7) is 1.86. The van der Waals surface area contributed by atoms with Gasteiger partial charge < -0.3 is 15.8 Å². The third-order valence-electron chi connectivity index (χ3n) is 4.71. The summed E-state index contributed by atoms with van der Waals surface area (Å²) in [6, 6.07) is 12.5. The van der Waals surface area contributed by atoms with Crippen LogP contribution in [0, 0.1) is 5.92 Å². The van der Waals surface area contributed by atoms with Gasteiger partial charge in [0, 0.05) is 17.5 Å². The zero-order valence-corrected chi connectivity index (χ0v) is 18.4. The van der Waals surface area contributed by atoms with Crippen molar-refractivity contribution in [3.8, 4) is 5.75 Å². The highest BCUT2D eigenvalue weighted by Crippen LogP contribution is 2.37. The van der Waals surface area contributed by atoms with Crippen LogP contribution in [-0.2, 0) is 0 Å². The van der Waals surface area contributed by atoms with Gasteiger partial charge in [0.05, 0.1) is 12.8 Å². The number of para-hydroxylation sites is 2. The molecular weight excluding hydrogens is 459 g/mol. The summed E-state index contributed by atoms with van der Waals surface area (Å²) in [5.41, 5.74) is 6.95. The average molecular weight is 486 g/mol. The van der Waals surface area contributed by atoms with Crippen molar-refractivity contribution in [1.82, 2.24) is 4.90 Å². The minimum Gasteiger partial charge on any atom is -0.495 e. The number of piperidine rings is 1. The lowest BCUT2D eigenvalue weighted by molar-refractivity contribution is 0.128. The van der Waals surface area contributed by atoms with E-state index >= 15 is 0 Å². The molecule has 1 aromatic heterocycles. The molecular formula is C19H27IN4OS. The summed E-state index contributed by atoms with van der Waals surface area (Å²) in [7, 11) is 3.86. The van der Waals surface area contributed by atoms with Crippen LogP contribution in [0.2, 0.25) is 0 Å². The van der Waals surface area contributed by atoms with E-state index in [9.17, 15) is 0 Å². The zero-order chi connectivity index (χ0) is 17.6. The van der Waals surface area contributed by atoms with Gasteiger partial charge in [-0.1, -0.05) is 18.2 Å². The van der Waals surface area contributed by atoms with Crippen LogP contribution in [0.5, 0.6) is 5.75 Å². The molecule has 2 atom stereocenters. The smallest absolute Gasteiger partial charge is 0.193 e. The van der Waals surface area contributed by atoms with Crippen molar-refractivity contribution in [3.05, 3.63) is 46.7 Å².